The summed E-state index contributed by atoms with van der Waals surface area (Å²) in [4.78, 5) is 29.6. The van der Waals surface area contributed by atoms with Gasteiger partial charge in [0.1, 0.15) is 10.6 Å². The van der Waals surface area contributed by atoms with Crippen LogP contribution in [0.2, 0.25) is 0 Å². The zero-order valence-electron chi connectivity index (χ0n) is 11.9. The first-order valence-electron chi connectivity index (χ1n) is 6.49. The molecule has 0 saturated carbocycles. The molecule has 1 aromatic carbocycles. The van der Waals surface area contributed by atoms with Crippen molar-refractivity contribution in [2.75, 3.05) is 5.32 Å². The fourth-order valence-electron chi connectivity index (χ4n) is 2.15. The number of hydrogen-bond donors (Lipinski definition) is 1. The maximum Gasteiger partial charge on any atom is 0.266 e. The number of thiophene rings is 1. The van der Waals surface area contributed by atoms with Gasteiger partial charge in [0.2, 0.25) is 0 Å². The van der Waals surface area contributed by atoms with Gasteiger partial charge in [0.25, 0.3) is 11.5 Å². The standard InChI is InChI=1S/C15H12FN3O2S/c1-8-11-14(17-7-19(2)15(11)21)22-12(8)13(20)18-10-5-3-9(16)4-6-10/h3-7H,1-2H3,(H,18,20). The molecule has 7 heteroatoms. The van der Waals surface area contributed by atoms with E-state index in [2.05, 4.69) is 10.3 Å². The second-order valence-corrected chi connectivity index (χ2v) is 5.86. The summed E-state index contributed by atoms with van der Waals surface area (Å²) in [6, 6.07) is 5.50. The van der Waals surface area contributed by atoms with E-state index in [1.165, 1.54) is 46.5 Å². The minimum absolute atomic E-state index is 0.181. The number of halogens is 1. The number of nitrogens with zero attached hydrogens (tertiary/aromatic N) is 2. The first kappa shape index (κ1) is 14.4. The predicted molar refractivity (Wildman–Crippen MR) is 84.0 cm³/mol. The Morgan fingerprint density at radius 2 is 2.00 bits per heavy atom. The van der Waals surface area contributed by atoms with Crippen molar-refractivity contribution in [3.8, 4) is 0 Å². The largest absolute Gasteiger partial charge is 0.321 e. The molecule has 2 aromatic heterocycles. The van der Waals surface area contributed by atoms with Crippen LogP contribution >= 0.6 is 11.3 Å². The summed E-state index contributed by atoms with van der Waals surface area (Å²) in [6.07, 6.45) is 1.43. The Hall–Kier alpha value is -2.54. The molecule has 3 rings (SSSR count). The highest BCUT2D eigenvalue weighted by atomic mass is 32.1. The molecule has 5 nitrogen and oxygen atoms in total. The third-order valence-electron chi connectivity index (χ3n) is 3.32. The molecule has 0 aliphatic carbocycles. The fourth-order valence-corrected chi connectivity index (χ4v) is 3.18. The van der Waals surface area contributed by atoms with E-state index in [0.29, 0.717) is 26.3 Å². The molecule has 112 valence electrons. The zero-order chi connectivity index (χ0) is 15.9. The van der Waals surface area contributed by atoms with E-state index in [9.17, 15) is 14.0 Å². The molecule has 0 atom stereocenters. The maximum absolute atomic E-state index is 12.9. The van der Waals surface area contributed by atoms with Crippen LogP contribution in [0, 0.1) is 12.7 Å². The maximum atomic E-state index is 12.9. The van der Waals surface area contributed by atoms with Crippen LogP contribution in [-0.4, -0.2) is 15.5 Å². The van der Waals surface area contributed by atoms with Crippen LogP contribution in [-0.2, 0) is 7.05 Å². The molecule has 1 amide bonds. The molecule has 22 heavy (non-hydrogen) atoms. The lowest BCUT2D eigenvalue weighted by molar-refractivity contribution is 0.103. The van der Waals surface area contributed by atoms with Crippen molar-refractivity contribution >= 4 is 33.1 Å². The van der Waals surface area contributed by atoms with Gasteiger partial charge in [-0.1, -0.05) is 0 Å². The number of amides is 1. The highest BCUT2D eigenvalue weighted by Crippen LogP contribution is 2.27. The van der Waals surface area contributed by atoms with Crippen molar-refractivity contribution in [1.29, 1.82) is 0 Å². The van der Waals surface area contributed by atoms with Crippen LogP contribution in [0.15, 0.2) is 35.4 Å². The van der Waals surface area contributed by atoms with Crippen molar-refractivity contribution in [2.24, 2.45) is 7.05 Å². The quantitative estimate of drug-likeness (QED) is 0.790. The monoisotopic (exact) mass is 317 g/mol. The highest BCUT2D eigenvalue weighted by Gasteiger charge is 2.19. The van der Waals surface area contributed by atoms with Gasteiger partial charge in [0.05, 0.1) is 16.6 Å². The first-order valence-corrected chi connectivity index (χ1v) is 7.30. The highest BCUT2D eigenvalue weighted by molar-refractivity contribution is 7.20. The second-order valence-electron chi connectivity index (χ2n) is 4.86. The van der Waals surface area contributed by atoms with E-state index >= 15 is 0 Å². The van der Waals surface area contributed by atoms with Gasteiger partial charge < -0.3 is 9.88 Å². The number of rotatable bonds is 2. The van der Waals surface area contributed by atoms with Crippen molar-refractivity contribution in [3.63, 3.8) is 0 Å². The van der Waals surface area contributed by atoms with Crippen LogP contribution in [0.4, 0.5) is 10.1 Å². The fraction of sp³-hybridized carbons (Fsp3) is 0.133. The van der Waals surface area contributed by atoms with Crippen LogP contribution in [0.5, 0.6) is 0 Å². The molecule has 2 heterocycles. The molecule has 0 radical (unpaired) electrons. The van der Waals surface area contributed by atoms with E-state index in [1.807, 2.05) is 0 Å². The van der Waals surface area contributed by atoms with Crippen LogP contribution in [0.3, 0.4) is 0 Å². The third-order valence-corrected chi connectivity index (χ3v) is 4.52. The van der Waals surface area contributed by atoms with Gasteiger partial charge in [0.15, 0.2) is 0 Å². The van der Waals surface area contributed by atoms with Gasteiger partial charge in [0, 0.05) is 12.7 Å². The Labute approximate surface area is 129 Å². The Balaban J connectivity index is 2.01. The van der Waals surface area contributed by atoms with Crippen molar-refractivity contribution < 1.29 is 9.18 Å². The first-order chi connectivity index (χ1) is 10.5. The van der Waals surface area contributed by atoms with Gasteiger partial charge in [-0.25, -0.2) is 9.37 Å². The smallest absolute Gasteiger partial charge is 0.266 e. The topological polar surface area (TPSA) is 64.0 Å². The lowest BCUT2D eigenvalue weighted by Gasteiger charge is -2.04. The summed E-state index contributed by atoms with van der Waals surface area (Å²) in [5, 5.41) is 3.15. The van der Waals surface area contributed by atoms with E-state index < -0.39 is 0 Å². The molecule has 0 unspecified atom stereocenters. The van der Waals surface area contributed by atoms with Crippen LogP contribution in [0.1, 0.15) is 15.2 Å². The zero-order valence-corrected chi connectivity index (χ0v) is 12.7. The number of carbonyl (C=O) groups is 1. The van der Waals surface area contributed by atoms with Crippen molar-refractivity contribution in [2.45, 2.75) is 6.92 Å². The van der Waals surface area contributed by atoms with E-state index in [1.54, 1.807) is 14.0 Å². The minimum atomic E-state index is -0.372. The Kier molecular flexibility index (Phi) is 3.50. The molecule has 0 bridgehead atoms. The lowest BCUT2D eigenvalue weighted by atomic mass is 10.2. The lowest BCUT2D eigenvalue weighted by Crippen LogP contribution is -2.17. The molecule has 1 N–H and O–H groups in total. The molecule has 0 saturated heterocycles. The number of benzene rings is 1. The summed E-state index contributed by atoms with van der Waals surface area (Å²) in [5.41, 5.74) is 0.914. The number of carbonyl (C=O) groups excluding carboxylic acids is 1. The number of aromatic nitrogens is 2. The number of fused-ring (bicyclic) bond motifs is 1. The molecule has 3 aromatic rings. The Morgan fingerprint density at radius 1 is 1.32 bits per heavy atom. The van der Waals surface area contributed by atoms with E-state index in [0.717, 1.165) is 0 Å². The number of nitrogens with one attached hydrogen (secondary N) is 1. The van der Waals surface area contributed by atoms with Crippen molar-refractivity contribution in [1.82, 2.24) is 9.55 Å². The second kappa shape index (κ2) is 5.34. The van der Waals surface area contributed by atoms with Crippen molar-refractivity contribution in [3.05, 3.63) is 57.2 Å². The number of anilines is 1. The third kappa shape index (κ3) is 2.39. The predicted octanol–water partition coefficient (Wildman–Crippen LogP) is 2.69. The molecule has 0 spiro atoms. The molecule has 0 aliphatic rings. The molecule has 0 aliphatic heterocycles. The molecular weight excluding hydrogens is 305 g/mol. The van der Waals surface area contributed by atoms with E-state index in [-0.39, 0.29) is 17.3 Å². The summed E-state index contributed by atoms with van der Waals surface area (Å²) in [5.74, 6) is -0.710. The van der Waals surface area contributed by atoms with Gasteiger partial charge in [-0.05, 0) is 36.8 Å². The summed E-state index contributed by atoms with van der Waals surface area (Å²) < 4.78 is 14.3. The average molecular weight is 317 g/mol. The van der Waals surface area contributed by atoms with Gasteiger partial charge in [-0.15, -0.1) is 11.3 Å². The van der Waals surface area contributed by atoms with Crippen LogP contribution < -0.4 is 10.9 Å². The average Bonchev–Trinajstić information content (AvgIpc) is 2.83. The van der Waals surface area contributed by atoms with Crippen LogP contribution in [0.25, 0.3) is 10.2 Å². The molecular formula is C15H12FN3O2S. The summed E-state index contributed by atoms with van der Waals surface area (Å²) in [7, 11) is 1.62. The summed E-state index contributed by atoms with van der Waals surface area (Å²) >= 11 is 1.17. The SMILES string of the molecule is Cc1c(C(=O)Nc2ccc(F)cc2)sc2ncn(C)c(=O)c12. The summed E-state index contributed by atoms with van der Waals surface area (Å²) in [6.45, 7) is 1.72. The normalized spacial score (nSPS) is 10.9. The Bertz CT molecular complexity index is 928. The minimum Gasteiger partial charge on any atom is -0.321 e. The van der Waals surface area contributed by atoms with Gasteiger partial charge >= 0.3 is 0 Å². The van der Waals surface area contributed by atoms with E-state index in [4.69, 9.17) is 0 Å². The molecule has 0 fully saturated rings. The number of aryl methyl sites for hydroxylation is 2. The van der Waals surface area contributed by atoms with Gasteiger partial charge in [-0.2, -0.15) is 0 Å². The van der Waals surface area contributed by atoms with Gasteiger partial charge in [-0.3, -0.25) is 9.59 Å². The number of hydrogen-bond acceptors (Lipinski definition) is 4. The Morgan fingerprint density at radius 3 is 2.68 bits per heavy atom.